The topological polar surface area (TPSA) is 54.7 Å². The van der Waals surface area contributed by atoms with E-state index in [-0.39, 0.29) is 6.04 Å². The van der Waals surface area contributed by atoms with Gasteiger partial charge in [0.1, 0.15) is 0 Å². The molecular weight excluding hydrogens is 266 g/mol. The molecule has 3 aromatic rings. The smallest absolute Gasteiger partial charge is 0.171 e. The van der Waals surface area contributed by atoms with Crippen molar-refractivity contribution in [2.45, 2.75) is 29.9 Å². The van der Waals surface area contributed by atoms with Crippen LogP contribution in [-0.2, 0) is 0 Å². The second kappa shape index (κ2) is 5.31. The third kappa shape index (κ3) is 2.57. The van der Waals surface area contributed by atoms with E-state index in [4.69, 9.17) is 5.73 Å². The van der Waals surface area contributed by atoms with Gasteiger partial charge in [0.05, 0.1) is 11.0 Å². The lowest BCUT2D eigenvalue weighted by atomic mass is 10.1. The molecule has 2 aromatic carbocycles. The molecule has 0 amide bonds. The van der Waals surface area contributed by atoms with Crippen molar-refractivity contribution >= 4 is 22.8 Å². The number of nitrogens with one attached hydrogen (secondary N) is 1. The van der Waals surface area contributed by atoms with Crippen LogP contribution in [-0.4, -0.2) is 9.97 Å². The molecule has 1 aromatic heterocycles. The van der Waals surface area contributed by atoms with Gasteiger partial charge in [-0.05, 0) is 43.2 Å². The first-order chi connectivity index (χ1) is 9.63. The highest BCUT2D eigenvalue weighted by Gasteiger charge is 2.10. The van der Waals surface area contributed by atoms with Crippen molar-refractivity contribution in [1.29, 1.82) is 0 Å². The summed E-state index contributed by atoms with van der Waals surface area (Å²) >= 11 is 1.63. The van der Waals surface area contributed by atoms with Crippen molar-refractivity contribution in [1.82, 2.24) is 9.97 Å². The van der Waals surface area contributed by atoms with Crippen molar-refractivity contribution < 1.29 is 0 Å². The number of hydrogen-bond acceptors (Lipinski definition) is 3. The summed E-state index contributed by atoms with van der Waals surface area (Å²) in [5, 5.41) is 0.902. The van der Waals surface area contributed by atoms with Crippen molar-refractivity contribution in [3.05, 3.63) is 53.6 Å². The Morgan fingerprint density at radius 3 is 2.80 bits per heavy atom. The zero-order valence-corrected chi connectivity index (χ0v) is 12.4. The van der Waals surface area contributed by atoms with Gasteiger partial charge in [-0.25, -0.2) is 4.98 Å². The van der Waals surface area contributed by atoms with Crippen LogP contribution in [0.5, 0.6) is 0 Å². The highest BCUT2D eigenvalue weighted by atomic mass is 32.2. The number of imidazole rings is 1. The summed E-state index contributed by atoms with van der Waals surface area (Å²) in [5.41, 5.74) is 10.5. The predicted molar refractivity (Wildman–Crippen MR) is 84.0 cm³/mol. The Balaban J connectivity index is 1.97. The van der Waals surface area contributed by atoms with E-state index < -0.39 is 0 Å². The fourth-order valence-corrected chi connectivity index (χ4v) is 3.23. The number of aromatic amines is 1. The van der Waals surface area contributed by atoms with Crippen LogP contribution in [0.1, 0.15) is 24.1 Å². The Morgan fingerprint density at radius 1 is 1.20 bits per heavy atom. The van der Waals surface area contributed by atoms with Crippen LogP contribution in [0.15, 0.2) is 52.5 Å². The van der Waals surface area contributed by atoms with Gasteiger partial charge in [0.2, 0.25) is 0 Å². The van der Waals surface area contributed by atoms with E-state index in [1.165, 1.54) is 5.56 Å². The molecule has 3 nitrogen and oxygen atoms in total. The Kier molecular flexibility index (Phi) is 3.51. The van der Waals surface area contributed by atoms with Gasteiger partial charge >= 0.3 is 0 Å². The van der Waals surface area contributed by atoms with E-state index >= 15 is 0 Å². The van der Waals surface area contributed by atoms with Gasteiger partial charge in [-0.15, -0.1) is 0 Å². The maximum atomic E-state index is 6.02. The Morgan fingerprint density at radius 2 is 2.00 bits per heavy atom. The maximum absolute atomic E-state index is 6.02. The van der Waals surface area contributed by atoms with Gasteiger partial charge in [-0.1, -0.05) is 36.0 Å². The number of rotatable bonds is 3. The molecule has 0 saturated carbocycles. The Bertz CT molecular complexity index is 746. The number of hydrogen-bond donors (Lipinski definition) is 2. The van der Waals surface area contributed by atoms with Gasteiger partial charge in [0, 0.05) is 10.9 Å². The molecule has 1 heterocycles. The van der Waals surface area contributed by atoms with E-state index in [2.05, 4.69) is 41.2 Å². The number of nitrogens with zero attached hydrogens (tertiary/aromatic N) is 1. The SMILES string of the molecule is Cc1ccc2nc(Sc3ccccc3C(C)N)[nH]c2c1. The number of H-pyrrole nitrogens is 1. The molecule has 0 aliphatic rings. The van der Waals surface area contributed by atoms with Gasteiger partial charge in [0.15, 0.2) is 5.16 Å². The summed E-state index contributed by atoms with van der Waals surface area (Å²) in [4.78, 5) is 9.13. The summed E-state index contributed by atoms with van der Waals surface area (Å²) in [7, 11) is 0. The lowest BCUT2D eigenvalue weighted by Crippen LogP contribution is -2.06. The van der Waals surface area contributed by atoms with Gasteiger partial charge < -0.3 is 10.7 Å². The average Bonchev–Trinajstić information content (AvgIpc) is 2.80. The lowest BCUT2D eigenvalue weighted by molar-refractivity contribution is 0.797. The minimum atomic E-state index is 0.0188. The van der Waals surface area contributed by atoms with Crippen molar-refractivity contribution in [2.24, 2.45) is 5.73 Å². The standard InChI is InChI=1S/C16H17N3S/c1-10-7-8-13-14(9-10)19-16(18-13)20-15-6-4-3-5-12(15)11(2)17/h3-9,11H,17H2,1-2H3,(H,18,19). The van der Waals surface area contributed by atoms with Gasteiger partial charge in [-0.3, -0.25) is 0 Å². The molecular formula is C16H17N3S. The number of fused-ring (bicyclic) bond motifs is 1. The van der Waals surface area contributed by atoms with E-state index in [0.717, 1.165) is 26.6 Å². The molecule has 0 aliphatic heterocycles. The second-order valence-electron chi connectivity index (χ2n) is 4.99. The van der Waals surface area contributed by atoms with E-state index in [1.54, 1.807) is 11.8 Å². The molecule has 0 aliphatic carbocycles. The predicted octanol–water partition coefficient (Wildman–Crippen LogP) is 4.04. The van der Waals surface area contributed by atoms with Crippen LogP contribution >= 0.6 is 11.8 Å². The van der Waals surface area contributed by atoms with Crippen LogP contribution in [0.2, 0.25) is 0 Å². The van der Waals surface area contributed by atoms with E-state index in [9.17, 15) is 0 Å². The highest BCUT2D eigenvalue weighted by molar-refractivity contribution is 7.99. The summed E-state index contributed by atoms with van der Waals surface area (Å²) in [6.07, 6.45) is 0. The molecule has 1 atom stereocenters. The van der Waals surface area contributed by atoms with E-state index in [1.807, 2.05) is 25.1 Å². The molecule has 0 bridgehead atoms. The minimum absolute atomic E-state index is 0.0188. The summed E-state index contributed by atoms with van der Waals surface area (Å²) in [6.45, 7) is 4.08. The monoisotopic (exact) mass is 283 g/mol. The fourth-order valence-electron chi connectivity index (χ4n) is 2.20. The van der Waals surface area contributed by atoms with Crippen molar-refractivity contribution in [3.8, 4) is 0 Å². The number of aryl methyl sites for hydroxylation is 1. The zero-order valence-electron chi connectivity index (χ0n) is 11.6. The van der Waals surface area contributed by atoms with E-state index in [0.29, 0.717) is 0 Å². The van der Waals surface area contributed by atoms with Crippen LogP contribution in [0.25, 0.3) is 11.0 Å². The molecule has 0 saturated heterocycles. The first-order valence-electron chi connectivity index (χ1n) is 6.62. The molecule has 3 rings (SSSR count). The molecule has 0 radical (unpaired) electrons. The molecule has 0 spiro atoms. The summed E-state index contributed by atoms with van der Waals surface area (Å²) in [6, 6.07) is 14.5. The summed E-state index contributed by atoms with van der Waals surface area (Å²) in [5.74, 6) is 0. The molecule has 102 valence electrons. The molecule has 1 unspecified atom stereocenters. The highest BCUT2D eigenvalue weighted by Crippen LogP contribution is 2.32. The number of nitrogens with two attached hydrogens (primary N) is 1. The molecule has 3 N–H and O–H groups in total. The molecule has 0 fully saturated rings. The third-order valence-corrected chi connectivity index (χ3v) is 4.21. The normalized spacial score (nSPS) is 12.8. The molecule has 20 heavy (non-hydrogen) atoms. The average molecular weight is 283 g/mol. The minimum Gasteiger partial charge on any atom is -0.333 e. The lowest BCUT2D eigenvalue weighted by Gasteiger charge is -2.10. The van der Waals surface area contributed by atoms with Gasteiger partial charge in [-0.2, -0.15) is 0 Å². The first-order valence-corrected chi connectivity index (χ1v) is 7.44. The Hall–Kier alpha value is -1.78. The van der Waals surface area contributed by atoms with Crippen LogP contribution in [0, 0.1) is 6.92 Å². The summed E-state index contributed by atoms with van der Waals surface area (Å²) < 4.78 is 0. The Labute approximate surface area is 122 Å². The first kappa shape index (κ1) is 13.2. The third-order valence-electron chi connectivity index (χ3n) is 3.23. The second-order valence-corrected chi connectivity index (χ2v) is 6.02. The fraction of sp³-hybridized carbons (Fsp3) is 0.188. The number of benzene rings is 2. The molecule has 4 heteroatoms. The largest absolute Gasteiger partial charge is 0.333 e. The van der Waals surface area contributed by atoms with Crippen LogP contribution in [0.3, 0.4) is 0 Å². The maximum Gasteiger partial charge on any atom is 0.171 e. The number of aromatic nitrogens is 2. The van der Waals surface area contributed by atoms with Gasteiger partial charge in [0.25, 0.3) is 0 Å². The van der Waals surface area contributed by atoms with Crippen molar-refractivity contribution in [3.63, 3.8) is 0 Å². The van der Waals surface area contributed by atoms with Crippen LogP contribution in [0.4, 0.5) is 0 Å². The quantitative estimate of drug-likeness (QED) is 0.762. The van der Waals surface area contributed by atoms with Crippen molar-refractivity contribution in [2.75, 3.05) is 0 Å². The van der Waals surface area contributed by atoms with Crippen LogP contribution < -0.4 is 5.73 Å². The zero-order chi connectivity index (χ0) is 14.1.